The first-order chi connectivity index (χ1) is 6.86. The van der Waals surface area contributed by atoms with E-state index in [1.54, 1.807) is 13.2 Å². The highest BCUT2D eigenvalue weighted by molar-refractivity contribution is 8.13. The van der Waals surface area contributed by atoms with Crippen molar-refractivity contribution < 1.29 is 13.2 Å². The number of benzene rings is 1. The minimum Gasteiger partial charge on any atom is -0.377 e. The van der Waals surface area contributed by atoms with E-state index < -0.39 is 9.05 Å². The van der Waals surface area contributed by atoms with Crippen molar-refractivity contribution in [2.45, 2.75) is 17.9 Å². The first-order valence-corrected chi connectivity index (χ1v) is 6.82. The van der Waals surface area contributed by atoms with Crippen molar-refractivity contribution in [2.24, 2.45) is 0 Å². The summed E-state index contributed by atoms with van der Waals surface area (Å²) in [7, 11) is 3.00. The molecule has 0 bridgehead atoms. The third kappa shape index (κ3) is 3.08. The Hall–Kier alpha value is -0.290. The Morgan fingerprint density at radius 3 is 2.40 bits per heavy atom. The van der Waals surface area contributed by atoms with Gasteiger partial charge in [0.05, 0.1) is 11.0 Å². The summed E-state index contributed by atoms with van der Waals surface area (Å²) in [5.74, 6) is 0. The zero-order valence-corrected chi connectivity index (χ0v) is 10.5. The minimum atomic E-state index is -3.73. The molecule has 0 saturated carbocycles. The lowest BCUT2D eigenvalue weighted by Gasteiger charge is -2.11. The summed E-state index contributed by atoms with van der Waals surface area (Å²) in [6, 6.07) is 4.31. The normalized spacial score (nSPS) is 13.9. The molecule has 1 aromatic carbocycles. The van der Waals surface area contributed by atoms with Crippen molar-refractivity contribution in [1.82, 2.24) is 0 Å². The lowest BCUT2D eigenvalue weighted by molar-refractivity contribution is 0.119. The Bertz CT molecular complexity index is 456. The molecule has 1 rings (SSSR count). The summed E-state index contributed by atoms with van der Waals surface area (Å²) >= 11 is 5.91. The van der Waals surface area contributed by atoms with E-state index in [2.05, 4.69) is 0 Å². The maximum Gasteiger partial charge on any atom is 0.261 e. The van der Waals surface area contributed by atoms with Crippen LogP contribution in [0, 0.1) is 0 Å². The van der Waals surface area contributed by atoms with Crippen LogP contribution in [0.2, 0.25) is 5.02 Å². The molecule has 15 heavy (non-hydrogen) atoms. The van der Waals surface area contributed by atoms with Crippen LogP contribution in [0.3, 0.4) is 0 Å². The average Bonchev–Trinajstić information content (AvgIpc) is 2.15. The molecule has 0 unspecified atom stereocenters. The fourth-order valence-electron chi connectivity index (χ4n) is 1.12. The van der Waals surface area contributed by atoms with Gasteiger partial charge in [-0.15, -0.1) is 0 Å². The zero-order valence-electron chi connectivity index (χ0n) is 8.20. The van der Waals surface area contributed by atoms with Crippen LogP contribution in [0.1, 0.15) is 18.6 Å². The van der Waals surface area contributed by atoms with Gasteiger partial charge in [-0.3, -0.25) is 0 Å². The molecule has 3 nitrogen and oxygen atoms in total. The van der Waals surface area contributed by atoms with Crippen molar-refractivity contribution in [3.8, 4) is 0 Å². The van der Waals surface area contributed by atoms with Crippen LogP contribution in [0.5, 0.6) is 0 Å². The lowest BCUT2D eigenvalue weighted by atomic mass is 10.1. The van der Waals surface area contributed by atoms with Crippen LogP contribution >= 0.6 is 22.3 Å². The van der Waals surface area contributed by atoms with E-state index in [9.17, 15) is 8.42 Å². The second-order valence-corrected chi connectivity index (χ2v) is 5.97. The first-order valence-electron chi connectivity index (χ1n) is 4.13. The number of hydrogen-bond donors (Lipinski definition) is 0. The number of halogens is 2. The largest absolute Gasteiger partial charge is 0.377 e. The smallest absolute Gasteiger partial charge is 0.261 e. The molecule has 0 heterocycles. The maximum atomic E-state index is 11.0. The molecular weight excluding hydrogens is 259 g/mol. The summed E-state index contributed by atoms with van der Waals surface area (Å²) in [6.45, 7) is 1.82. The Morgan fingerprint density at radius 1 is 1.40 bits per heavy atom. The van der Waals surface area contributed by atoms with Crippen LogP contribution < -0.4 is 0 Å². The molecule has 0 aliphatic carbocycles. The van der Waals surface area contributed by atoms with E-state index in [4.69, 9.17) is 27.0 Å². The van der Waals surface area contributed by atoms with E-state index in [0.29, 0.717) is 5.02 Å². The first kappa shape index (κ1) is 12.8. The van der Waals surface area contributed by atoms with Crippen molar-refractivity contribution in [2.75, 3.05) is 7.11 Å². The highest BCUT2D eigenvalue weighted by Crippen LogP contribution is 2.28. The van der Waals surface area contributed by atoms with Gasteiger partial charge in [-0.05, 0) is 24.6 Å². The summed E-state index contributed by atoms with van der Waals surface area (Å²) in [5.41, 5.74) is 0.725. The zero-order chi connectivity index (χ0) is 11.6. The molecule has 1 atom stereocenters. The van der Waals surface area contributed by atoms with E-state index >= 15 is 0 Å². The topological polar surface area (TPSA) is 43.4 Å². The van der Waals surface area contributed by atoms with Crippen LogP contribution in [-0.2, 0) is 13.8 Å². The van der Waals surface area contributed by atoms with E-state index in [1.807, 2.05) is 6.92 Å². The summed E-state index contributed by atoms with van der Waals surface area (Å²) < 4.78 is 27.1. The van der Waals surface area contributed by atoms with E-state index in [-0.39, 0.29) is 11.0 Å². The summed E-state index contributed by atoms with van der Waals surface area (Å²) in [4.78, 5) is -0.0128. The van der Waals surface area contributed by atoms with Gasteiger partial charge in [0.25, 0.3) is 9.05 Å². The maximum absolute atomic E-state index is 11.0. The second-order valence-electron chi connectivity index (χ2n) is 3.00. The second kappa shape index (κ2) is 4.70. The van der Waals surface area contributed by atoms with Gasteiger partial charge in [0.1, 0.15) is 0 Å². The molecule has 0 aliphatic rings. The van der Waals surface area contributed by atoms with Gasteiger partial charge in [0, 0.05) is 22.8 Å². The standard InChI is InChI=1S/C9H10Cl2O3S/c1-6(14-2)8-4-3-7(5-9(8)10)15(11,12)13/h3-6H,1-2H3/t6-/m1/s1. The Balaban J connectivity index is 3.20. The van der Waals surface area contributed by atoms with Gasteiger partial charge in [0.2, 0.25) is 0 Å². The molecule has 0 fully saturated rings. The Labute approximate surface area is 98.4 Å². The number of hydrogen-bond acceptors (Lipinski definition) is 3. The number of ether oxygens (including phenoxy) is 1. The third-order valence-electron chi connectivity index (χ3n) is 2.04. The predicted octanol–water partition coefficient (Wildman–Crippen LogP) is 2.97. The molecule has 0 aromatic heterocycles. The van der Waals surface area contributed by atoms with Crippen molar-refractivity contribution in [3.63, 3.8) is 0 Å². The van der Waals surface area contributed by atoms with Gasteiger partial charge in [-0.1, -0.05) is 17.7 Å². The molecule has 1 aromatic rings. The van der Waals surface area contributed by atoms with E-state index in [0.717, 1.165) is 5.56 Å². The third-order valence-corrected chi connectivity index (χ3v) is 3.72. The molecule has 84 valence electrons. The fourth-order valence-corrected chi connectivity index (χ4v) is 2.29. The van der Waals surface area contributed by atoms with Crippen molar-refractivity contribution in [3.05, 3.63) is 28.8 Å². The highest BCUT2D eigenvalue weighted by atomic mass is 35.7. The fraction of sp³-hybridized carbons (Fsp3) is 0.333. The summed E-state index contributed by atoms with van der Waals surface area (Å²) in [6.07, 6.45) is -0.190. The molecule has 0 aliphatic heterocycles. The monoisotopic (exact) mass is 268 g/mol. The molecule has 0 spiro atoms. The van der Waals surface area contributed by atoms with E-state index in [1.165, 1.54) is 12.1 Å². The Kier molecular flexibility index (Phi) is 4.00. The Morgan fingerprint density at radius 2 is 2.00 bits per heavy atom. The van der Waals surface area contributed by atoms with Crippen LogP contribution in [0.25, 0.3) is 0 Å². The lowest BCUT2D eigenvalue weighted by Crippen LogP contribution is -1.98. The number of methoxy groups -OCH3 is 1. The van der Waals surface area contributed by atoms with Gasteiger partial charge in [-0.2, -0.15) is 0 Å². The van der Waals surface area contributed by atoms with Gasteiger partial charge < -0.3 is 4.74 Å². The minimum absolute atomic E-state index is 0.0128. The highest BCUT2D eigenvalue weighted by Gasteiger charge is 2.14. The summed E-state index contributed by atoms with van der Waals surface area (Å²) in [5, 5.41) is 0.325. The van der Waals surface area contributed by atoms with Gasteiger partial charge in [0.15, 0.2) is 0 Å². The van der Waals surface area contributed by atoms with Crippen LogP contribution in [0.15, 0.2) is 23.1 Å². The van der Waals surface area contributed by atoms with Gasteiger partial charge in [-0.25, -0.2) is 8.42 Å². The quantitative estimate of drug-likeness (QED) is 0.792. The molecule has 6 heteroatoms. The number of rotatable bonds is 3. The van der Waals surface area contributed by atoms with Crippen LogP contribution in [-0.4, -0.2) is 15.5 Å². The SMILES string of the molecule is CO[C@H](C)c1ccc(S(=O)(=O)Cl)cc1Cl. The van der Waals surface area contributed by atoms with Crippen molar-refractivity contribution in [1.29, 1.82) is 0 Å². The molecular formula is C9H10Cl2O3S. The predicted molar refractivity (Wildman–Crippen MR) is 59.9 cm³/mol. The van der Waals surface area contributed by atoms with Gasteiger partial charge >= 0.3 is 0 Å². The van der Waals surface area contributed by atoms with Crippen molar-refractivity contribution >= 4 is 31.3 Å². The molecule has 0 radical (unpaired) electrons. The average molecular weight is 269 g/mol. The molecule has 0 amide bonds. The molecule has 0 N–H and O–H groups in total. The molecule has 0 saturated heterocycles. The van der Waals surface area contributed by atoms with Crippen LogP contribution in [0.4, 0.5) is 0 Å².